The Morgan fingerprint density at radius 3 is 1.46 bits per heavy atom. The molecular formula is C22H43NO3. The summed E-state index contributed by atoms with van der Waals surface area (Å²) >= 11 is 0. The molecule has 0 bridgehead atoms. The summed E-state index contributed by atoms with van der Waals surface area (Å²) in [6.07, 6.45) is 22.0. The summed E-state index contributed by atoms with van der Waals surface area (Å²) in [5.41, 5.74) is 0. The van der Waals surface area contributed by atoms with Gasteiger partial charge in [0.05, 0.1) is 0 Å². The number of rotatable bonds is 20. The topological polar surface area (TPSA) is 66.4 Å². The molecule has 0 aliphatic heterocycles. The maximum absolute atomic E-state index is 11.3. The van der Waals surface area contributed by atoms with Gasteiger partial charge in [-0.3, -0.25) is 9.59 Å². The molecule has 1 amide bonds. The summed E-state index contributed by atoms with van der Waals surface area (Å²) in [7, 11) is 0. The molecule has 0 spiro atoms. The van der Waals surface area contributed by atoms with Gasteiger partial charge in [-0.1, -0.05) is 110 Å². The zero-order valence-electron chi connectivity index (χ0n) is 17.9. The summed E-state index contributed by atoms with van der Waals surface area (Å²) in [5, 5.41) is 10.9. The lowest BCUT2D eigenvalue weighted by molar-refractivity contribution is -0.137. The summed E-state index contributed by atoms with van der Waals surface area (Å²) in [6.45, 7) is 0.321. The van der Waals surface area contributed by atoms with Gasteiger partial charge in [0.15, 0.2) is 0 Å². The zero-order chi connectivity index (χ0) is 20.0. The normalized spacial score (nSPS) is 11.3. The summed E-state index contributed by atoms with van der Waals surface area (Å²) in [4.78, 5) is 21.7. The number of amides is 1. The molecule has 0 saturated carbocycles. The Morgan fingerprint density at radius 1 is 0.692 bits per heavy atom. The molecule has 26 heavy (non-hydrogen) atoms. The molecule has 0 saturated heterocycles. The lowest BCUT2D eigenvalue weighted by Crippen LogP contribution is -2.28. The van der Waals surface area contributed by atoms with Crippen LogP contribution in [0.1, 0.15) is 124 Å². The van der Waals surface area contributed by atoms with Crippen LogP contribution < -0.4 is 5.32 Å². The van der Waals surface area contributed by atoms with Crippen molar-refractivity contribution in [3.05, 3.63) is 0 Å². The first-order valence-corrected chi connectivity index (χ1v) is 10.9. The Kier molecular flexibility index (Phi) is 17.9. The minimum atomic E-state index is -0.990. The van der Waals surface area contributed by atoms with E-state index >= 15 is 0 Å². The van der Waals surface area contributed by atoms with Gasteiger partial charge in [-0.25, -0.2) is 0 Å². The number of carboxylic acids is 1. The van der Waals surface area contributed by atoms with Crippen molar-refractivity contribution < 1.29 is 16.1 Å². The number of nitrogens with one attached hydrogen (secondary N) is 1. The van der Waals surface area contributed by atoms with Crippen LogP contribution in [0.3, 0.4) is 0 Å². The molecule has 4 nitrogen and oxygen atoms in total. The van der Waals surface area contributed by atoms with Gasteiger partial charge in [0.2, 0.25) is 5.91 Å². The van der Waals surface area contributed by atoms with E-state index < -0.39 is 5.97 Å². The van der Waals surface area contributed by atoms with Crippen LogP contribution in [-0.2, 0) is 9.59 Å². The van der Waals surface area contributed by atoms with E-state index in [1.54, 1.807) is 0 Å². The van der Waals surface area contributed by atoms with Crippen molar-refractivity contribution in [2.24, 2.45) is 0 Å². The monoisotopic (exact) mass is 370 g/mol. The van der Waals surface area contributed by atoms with Crippen LogP contribution in [0, 0.1) is 0 Å². The molecule has 0 aromatic heterocycles. The van der Waals surface area contributed by atoms with Crippen molar-refractivity contribution in [3.63, 3.8) is 0 Å². The third-order valence-corrected chi connectivity index (χ3v) is 4.84. The van der Waals surface area contributed by atoms with Gasteiger partial charge >= 0.3 is 5.97 Å². The van der Waals surface area contributed by atoms with Gasteiger partial charge in [0.25, 0.3) is 0 Å². The minimum Gasteiger partial charge on any atom is -0.480 e. The van der Waals surface area contributed by atoms with Crippen LogP contribution in [-0.4, -0.2) is 23.5 Å². The predicted molar refractivity (Wildman–Crippen MR) is 109 cm³/mol. The van der Waals surface area contributed by atoms with E-state index in [0.29, 0.717) is 13.3 Å². The number of unbranched alkanes of at least 4 members (excludes halogenated alkanes) is 16. The molecule has 0 aromatic rings. The molecule has 0 heterocycles. The molecule has 0 atom stereocenters. The highest BCUT2D eigenvalue weighted by Crippen LogP contribution is 2.14. The second-order valence-electron chi connectivity index (χ2n) is 7.43. The van der Waals surface area contributed by atoms with E-state index in [-0.39, 0.29) is 12.5 Å². The number of carboxylic acid groups (broad SMARTS) is 1. The molecule has 4 heteroatoms. The minimum absolute atomic E-state index is 0.151. The fraction of sp³-hybridized carbons (Fsp3) is 0.909. The standard InChI is InChI=1S/C22H43NO3/c1-2-3-4-5-6-7-8-9-10-11-12-13-14-15-16-17-18-19-21(24)23-20-22(25)26/h2-20H2,1H3,(H,23,24)(H,25,26)/i1D. The first kappa shape index (κ1) is 23.0. The van der Waals surface area contributed by atoms with Gasteiger partial charge in [-0.15, -0.1) is 0 Å². The molecular weight excluding hydrogens is 326 g/mol. The Bertz CT molecular complexity index is 350. The third-order valence-electron chi connectivity index (χ3n) is 4.84. The number of carbonyl (C=O) groups is 2. The van der Waals surface area contributed by atoms with Gasteiger partial charge in [-0.2, -0.15) is 0 Å². The molecule has 0 unspecified atom stereocenters. The smallest absolute Gasteiger partial charge is 0.322 e. The third kappa shape index (κ3) is 21.0. The summed E-state index contributed by atoms with van der Waals surface area (Å²) < 4.78 is 7.10. The van der Waals surface area contributed by atoms with E-state index in [4.69, 9.17) is 6.48 Å². The molecule has 0 radical (unpaired) electrons. The van der Waals surface area contributed by atoms with Crippen LogP contribution in [0.15, 0.2) is 0 Å². The Balaban J connectivity index is 3.09. The molecule has 154 valence electrons. The van der Waals surface area contributed by atoms with Crippen LogP contribution in [0.4, 0.5) is 0 Å². The Hall–Kier alpha value is -1.06. The van der Waals surface area contributed by atoms with Crippen molar-refractivity contribution in [2.45, 2.75) is 122 Å². The van der Waals surface area contributed by atoms with Crippen molar-refractivity contribution in [2.75, 3.05) is 6.54 Å². The number of hydrogen-bond donors (Lipinski definition) is 2. The fourth-order valence-corrected chi connectivity index (χ4v) is 3.20. The first-order chi connectivity index (χ1) is 13.2. The second-order valence-corrected chi connectivity index (χ2v) is 7.43. The van der Waals surface area contributed by atoms with Crippen molar-refractivity contribution in [3.8, 4) is 0 Å². The van der Waals surface area contributed by atoms with Crippen molar-refractivity contribution >= 4 is 11.9 Å². The van der Waals surface area contributed by atoms with E-state index in [9.17, 15) is 9.59 Å². The summed E-state index contributed by atoms with van der Waals surface area (Å²) in [5.74, 6) is -1.14. The highest BCUT2D eigenvalue weighted by atomic mass is 16.4. The number of hydrogen-bond acceptors (Lipinski definition) is 2. The quantitative estimate of drug-likeness (QED) is 0.250. The van der Waals surface area contributed by atoms with E-state index in [1.165, 1.54) is 89.9 Å². The molecule has 0 rings (SSSR count). The van der Waals surface area contributed by atoms with Gasteiger partial charge in [0, 0.05) is 7.79 Å². The maximum Gasteiger partial charge on any atom is 0.322 e. The van der Waals surface area contributed by atoms with Crippen molar-refractivity contribution in [1.82, 2.24) is 5.32 Å². The highest BCUT2D eigenvalue weighted by Gasteiger charge is 2.03. The van der Waals surface area contributed by atoms with Crippen LogP contribution >= 0.6 is 0 Å². The highest BCUT2D eigenvalue weighted by molar-refractivity contribution is 5.80. The predicted octanol–water partition coefficient (Wildman–Crippen LogP) is 6.23. The summed E-state index contributed by atoms with van der Waals surface area (Å²) in [6, 6.07) is 0. The van der Waals surface area contributed by atoms with Crippen LogP contribution in [0.25, 0.3) is 0 Å². The average molecular weight is 371 g/mol. The van der Waals surface area contributed by atoms with Gasteiger partial charge in [0.1, 0.15) is 6.54 Å². The van der Waals surface area contributed by atoms with E-state index in [0.717, 1.165) is 19.3 Å². The Morgan fingerprint density at radius 2 is 1.08 bits per heavy atom. The maximum atomic E-state index is 11.3. The van der Waals surface area contributed by atoms with Gasteiger partial charge < -0.3 is 10.4 Å². The lowest BCUT2D eigenvalue weighted by atomic mass is 10.0. The molecule has 0 aliphatic carbocycles. The molecule has 0 fully saturated rings. The molecule has 2 N–H and O–H groups in total. The van der Waals surface area contributed by atoms with Crippen molar-refractivity contribution in [1.29, 1.82) is 0 Å². The molecule has 0 aliphatic rings. The number of carbonyl (C=O) groups excluding carboxylic acids is 1. The average Bonchev–Trinajstić information content (AvgIpc) is 2.65. The van der Waals surface area contributed by atoms with Crippen LogP contribution in [0.5, 0.6) is 0 Å². The largest absolute Gasteiger partial charge is 0.480 e. The lowest BCUT2D eigenvalue weighted by Gasteiger charge is -2.04. The van der Waals surface area contributed by atoms with Gasteiger partial charge in [-0.05, 0) is 6.42 Å². The van der Waals surface area contributed by atoms with Crippen LogP contribution in [0.2, 0.25) is 0 Å². The fourth-order valence-electron chi connectivity index (χ4n) is 3.20. The second kappa shape index (κ2) is 20.3. The SMILES string of the molecule is [2H]CCCCCCCCCCCCCCCCCCCC(=O)NCC(=O)O. The van der Waals surface area contributed by atoms with E-state index in [2.05, 4.69) is 5.32 Å². The number of aliphatic carboxylic acids is 1. The Labute approximate surface area is 162 Å². The first-order valence-electron chi connectivity index (χ1n) is 11.6. The molecule has 0 aromatic carbocycles. The zero-order valence-corrected chi connectivity index (χ0v) is 16.9. The van der Waals surface area contributed by atoms with E-state index in [1.807, 2.05) is 0 Å².